The number of aromatic nitrogens is 4. The third kappa shape index (κ3) is 8.94. The molecule has 14 nitrogen and oxygen atoms in total. The number of ether oxygens (including phenoxy) is 2. The van der Waals surface area contributed by atoms with Crippen LogP contribution in [0.25, 0.3) is 11.2 Å². The Morgan fingerprint density at radius 2 is 1.82 bits per heavy atom. The number of nitrogens with zero attached hydrogens (tertiary/aromatic N) is 4. The predicted octanol–water partition coefficient (Wildman–Crippen LogP) is 1.81. The van der Waals surface area contributed by atoms with E-state index in [2.05, 4.69) is 25.6 Å². The van der Waals surface area contributed by atoms with Crippen LogP contribution in [0, 0.1) is 0 Å². The fraction of sp³-hybridized carbons (Fsp3) is 0.400. The molecule has 0 atom stereocenters. The first-order chi connectivity index (χ1) is 18.4. The maximum absolute atomic E-state index is 13.0. The molecule has 0 bridgehead atoms. The first-order valence-corrected chi connectivity index (χ1v) is 12.1. The summed E-state index contributed by atoms with van der Waals surface area (Å²) in [5.41, 5.74) is -0.543. The van der Waals surface area contributed by atoms with E-state index in [0.29, 0.717) is 0 Å². The number of imidazole rings is 1. The minimum Gasteiger partial charge on any atom is -0.444 e. The predicted molar refractivity (Wildman–Crippen MR) is 140 cm³/mol. The Bertz CT molecular complexity index is 1390. The molecule has 3 N–H and O–H groups in total. The highest BCUT2D eigenvalue weighted by Gasteiger charge is 2.20. The van der Waals surface area contributed by atoms with Gasteiger partial charge in [0, 0.05) is 13.1 Å². The van der Waals surface area contributed by atoms with E-state index in [-0.39, 0.29) is 55.7 Å². The number of H-pyrrole nitrogens is 1. The monoisotopic (exact) mass is 541 g/mol. The van der Waals surface area contributed by atoms with Gasteiger partial charge in [-0.3, -0.25) is 24.7 Å². The maximum Gasteiger partial charge on any atom is 0.414 e. The fourth-order valence-electron chi connectivity index (χ4n) is 3.40. The van der Waals surface area contributed by atoms with Crippen LogP contribution in [0.5, 0.6) is 0 Å². The number of amides is 3. The van der Waals surface area contributed by atoms with Crippen molar-refractivity contribution in [3.63, 3.8) is 0 Å². The highest BCUT2D eigenvalue weighted by atomic mass is 16.6. The molecule has 3 amide bonds. The molecular weight excluding hydrogens is 510 g/mol. The van der Waals surface area contributed by atoms with E-state index in [1.165, 1.54) is 22.7 Å². The highest BCUT2D eigenvalue weighted by Crippen LogP contribution is 2.10. The van der Waals surface area contributed by atoms with E-state index in [9.17, 15) is 24.0 Å². The molecule has 3 rings (SSSR count). The smallest absolute Gasteiger partial charge is 0.414 e. The number of fused-ring (bicyclic) bond motifs is 1. The molecule has 0 aliphatic rings. The molecule has 0 radical (unpaired) electrons. The minimum absolute atomic E-state index is 0.0142. The molecule has 3 aromatic rings. The lowest BCUT2D eigenvalue weighted by molar-refractivity contribution is -0.135. The third-order valence-corrected chi connectivity index (χ3v) is 5.03. The summed E-state index contributed by atoms with van der Waals surface area (Å²) in [5, 5.41) is 4.90. The van der Waals surface area contributed by atoms with Crippen molar-refractivity contribution in [1.82, 2.24) is 29.7 Å². The van der Waals surface area contributed by atoms with Gasteiger partial charge in [-0.15, -0.1) is 0 Å². The zero-order chi connectivity index (χ0) is 28.6. The van der Waals surface area contributed by atoms with Crippen molar-refractivity contribution in [1.29, 1.82) is 0 Å². The zero-order valence-corrected chi connectivity index (χ0v) is 22.1. The lowest BCUT2D eigenvalue weighted by Crippen LogP contribution is -2.43. The van der Waals surface area contributed by atoms with Crippen molar-refractivity contribution in [3.8, 4) is 0 Å². The van der Waals surface area contributed by atoms with E-state index in [1.807, 2.05) is 6.07 Å². The molecule has 0 aliphatic carbocycles. The quantitative estimate of drug-likeness (QED) is 0.345. The maximum atomic E-state index is 13.0. The molecular formula is C25H31N7O7. The molecule has 2 heterocycles. The Labute approximate surface area is 223 Å². The van der Waals surface area contributed by atoms with Crippen LogP contribution < -0.4 is 16.2 Å². The van der Waals surface area contributed by atoms with Gasteiger partial charge in [0.25, 0.3) is 5.56 Å². The Hall–Kier alpha value is -4.75. The van der Waals surface area contributed by atoms with Gasteiger partial charge in [-0.1, -0.05) is 30.3 Å². The summed E-state index contributed by atoms with van der Waals surface area (Å²) in [7, 11) is 0. The van der Waals surface area contributed by atoms with Crippen LogP contribution in [-0.2, 0) is 32.2 Å². The van der Waals surface area contributed by atoms with Gasteiger partial charge in [0.1, 0.15) is 24.5 Å². The molecule has 0 unspecified atom stereocenters. The molecule has 0 saturated heterocycles. The number of rotatable bonds is 10. The van der Waals surface area contributed by atoms with Crippen LogP contribution >= 0.6 is 0 Å². The Morgan fingerprint density at radius 3 is 2.49 bits per heavy atom. The molecule has 39 heavy (non-hydrogen) atoms. The summed E-state index contributed by atoms with van der Waals surface area (Å²) >= 11 is 0. The van der Waals surface area contributed by atoms with Crippen molar-refractivity contribution in [2.75, 3.05) is 25.0 Å². The van der Waals surface area contributed by atoms with Crippen molar-refractivity contribution >= 4 is 41.0 Å². The van der Waals surface area contributed by atoms with E-state index < -0.39 is 29.3 Å². The van der Waals surface area contributed by atoms with Gasteiger partial charge in [-0.05, 0) is 33.3 Å². The number of hydrogen-bond donors (Lipinski definition) is 3. The molecule has 0 spiro atoms. The van der Waals surface area contributed by atoms with E-state index in [0.717, 1.165) is 5.56 Å². The van der Waals surface area contributed by atoms with Crippen LogP contribution in [0.2, 0.25) is 0 Å². The normalized spacial score (nSPS) is 11.1. The molecule has 2 aromatic heterocycles. The second-order valence-corrected chi connectivity index (χ2v) is 9.59. The average Bonchev–Trinajstić information content (AvgIpc) is 3.24. The first-order valence-electron chi connectivity index (χ1n) is 12.1. The van der Waals surface area contributed by atoms with Crippen molar-refractivity contribution < 1.29 is 28.7 Å². The number of anilines is 1. The molecule has 1 aromatic carbocycles. The largest absolute Gasteiger partial charge is 0.444 e. The van der Waals surface area contributed by atoms with Crippen molar-refractivity contribution in [3.05, 3.63) is 52.6 Å². The van der Waals surface area contributed by atoms with E-state index >= 15 is 0 Å². The topological polar surface area (TPSA) is 178 Å². The zero-order valence-electron chi connectivity index (χ0n) is 22.1. The summed E-state index contributed by atoms with van der Waals surface area (Å²) < 4.78 is 11.6. The lowest BCUT2D eigenvalue weighted by Gasteiger charge is -2.23. The summed E-state index contributed by atoms with van der Waals surface area (Å²) in [6.07, 6.45) is -0.231. The fourth-order valence-corrected chi connectivity index (χ4v) is 3.40. The van der Waals surface area contributed by atoms with Gasteiger partial charge >= 0.3 is 12.2 Å². The third-order valence-electron chi connectivity index (χ3n) is 5.03. The van der Waals surface area contributed by atoms with Crippen LogP contribution in [0.4, 0.5) is 15.5 Å². The van der Waals surface area contributed by atoms with Crippen molar-refractivity contribution in [2.24, 2.45) is 0 Å². The average molecular weight is 542 g/mol. The number of carbonyl (C=O) groups excluding carboxylic acids is 4. The Morgan fingerprint density at radius 1 is 1.10 bits per heavy atom. The van der Waals surface area contributed by atoms with Gasteiger partial charge in [-0.25, -0.2) is 14.6 Å². The van der Waals surface area contributed by atoms with Gasteiger partial charge in [-0.2, -0.15) is 4.98 Å². The molecule has 14 heteroatoms. The van der Waals surface area contributed by atoms with Gasteiger partial charge in [0.05, 0.1) is 12.9 Å². The lowest BCUT2D eigenvalue weighted by atomic mass is 10.2. The van der Waals surface area contributed by atoms with Crippen LogP contribution in [0.15, 0.2) is 41.5 Å². The van der Waals surface area contributed by atoms with E-state index in [4.69, 9.17) is 9.47 Å². The number of ketones is 1. The second-order valence-electron chi connectivity index (χ2n) is 9.59. The van der Waals surface area contributed by atoms with Gasteiger partial charge < -0.3 is 24.3 Å². The van der Waals surface area contributed by atoms with Crippen LogP contribution in [0.3, 0.4) is 0 Å². The Kier molecular flexibility index (Phi) is 9.36. The summed E-state index contributed by atoms with van der Waals surface area (Å²) in [6.45, 7) is 6.13. The number of carbonyl (C=O) groups is 4. The van der Waals surface area contributed by atoms with Crippen molar-refractivity contribution in [2.45, 2.75) is 46.4 Å². The number of alkyl carbamates (subject to hydrolysis) is 1. The molecule has 0 aliphatic heterocycles. The minimum atomic E-state index is -0.839. The second kappa shape index (κ2) is 12.7. The molecule has 208 valence electrons. The Balaban J connectivity index is 1.67. The highest BCUT2D eigenvalue weighted by molar-refractivity contribution is 5.86. The number of nitrogens with one attached hydrogen (secondary N) is 3. The van der Waals surface area contributed by atoms with Crippen LogP contribution in [0.1, 0.15) is 33.3 Å². The van der Waals surface area contributed by atoms with Crippen LogP contribution in [-0.4, -0.2) is 73.5 Å². The SMILES string of the molecule is CC(=O)CN(CCNC(=O)OC(C)(C)C)C(=O)Cn1cnc2c(=O)[nH]c(NC(=O)OCc3ccccc3)nc21. The number of hydrogen-bond acceptors (Lipinski definition) is 9. The molecule has 0 fully saturated rings. The summed E-state index contributed by atoms with van der Waals surface area (Å²) in [5.74, 6) is -0.928. The first kappa shape index (κ1) is 28.8. The van der Waals surface area contributed by atoms with Gasteiger partial charge in [0.2, 0.25) is 11.9 Å². The summed E-state index contributed by atoms with van der Waals surface area (Å²) in [4.78, 5) is 73.3. The van der Waals surface area contributed by atoms with E-state index in [1.54, 1.807) is 45.0 Å². The number of aromatic amines is 1. The number of benzene rings is 1. The molecule has 0 saturated carbocycles. The summed E-state index contributed by atoms with van der Waals surface area (Å²) in [6, 6.07) is 9.03. The standard InChI is InChI=1S/C25H31N7O7/c1-16(33)12-31(11-10-26-23(36)39-25(2,3)4)18(34)13-32-15-27-19-20(32)28-22(29-21(19)35)30-24(37)38-14-17-8-6-5-7-9-17/h5-9,15H,10-14H2,1-4H3,(H,26,36)(H2,28,29,30,35,37). The van der Waals surface area contributed by atoms with Gasteiger partial charge in [0.15, 0.2) is 11.2 Å². The number of Topliss-reactive ketones (excluding diaryl/α,β-unsaturated/α-hetero) is 1.